The van der Waals surface area contributed by atoms with E-state index in [1.165, 1.54) is 5.56 Å². The first-order valence-electron chi connectivity index (χ1n) is 8.93. The zero-order chi connectivity index (χ0) is 17.1. The molecular formula is C20H23NO4. The highest BCUT2D eigenvalue weighted by molar-refractivity contribution is 5.83. The minimum absolute atomic E-state index is 0.0148. The van der Waals surface area contributed by atoms with Gasteiger partial charge >= 0.3 is 0 Å². The lowest BCUT2D eigenvalue weighted by Crippen LogP contribution is -2.41. The molecule has 2 atom stereocenters. The summed E-state index contributed by atoms with van der Waals surface area (Å²) >= 11 is 0. The Morgan fingerprint density at radius 2 is 2.04 bits per heavy atom. The molecule has 5 nitrogen and oxygen atoms in total. The summed E-state index contributed by atoms with van der Waals surface area (Å²) in [5.74, 6) is 0.759. The van der Waals surface area contributed by atoms with Gasteiger partial charge in [-0.2, -0.15) is 0 Å². The van der Waals surface area contributed by atoms with Gasteiger partial charge in [0, 0.05) is 13.2 Å². The van der Waals surface area contributed by atoms with Gasteiger partial charge in [0.2, 0.25) is 0 Å². The molecule has 1 amide bonds. The fourth-order valence-corrected chi connectivity index (χ4v) is 3.62. The summed E-state index contributed by atoms with van der Waals surface area (Å²) in [6.45, 7) is 2.35. The summed E-state index contributed by atoms with van der Waals surface area (Å²) in [6.07, 6.45) is 4.08. The van der Waals surface area contributed by atoms with E-state index < -0.39 is 6.10 Å². The zero-order valence-corrected chi connectivity index (χ0v) is 14.2. The number of rotatable bonds is 5. The van der Waals surface area contributed by atoms with Crippen LogP contribution in [-0.4, -0.2) is 36.7 Å². The lowest BCUT2D eigenvalue weighted by Gasteiger charge is -2.31. The molecule has 0 N–H and O–H groups in total. The number of fused-ring (bicyclic) bond motifs is 1. The SMILES string of the molecule is O=C([C@H]1OCCc2ccccc21)N(Cc1ccco1)C[C@H]1CCCO1. The summed E-state index contributed by atoms with van der Waals surface area (Å²) < 4.78 is 17.1. The Morgan fingerprint density at radius 1 is 1.12 bits per heavy atom. The number of nitrogens with zero attached hydrogens (tertiary/aromatic N) is 1. The topological polar surface area (TPSA) is 51.9 Å². The van der Waals surface area contributed by atoms with Crippen LogP contribution >= 0.6 is 0 Å². The minimum atomic E-state index is -0.540. The van der Waals surface area contributed by atoms with Crippen molar-refractivity contribution >= 4 is 5.91 Å². The third-order valence-electron chi connectivity index (χ3n) is 4.90. The largest absolute Gasteiger partial charge is 0.467 e. The van der Waals surface area contributed by atoms with Crippen LogP contribution in [0, 0.1) is 0 Å². The van der Waals surface area contributed by atoms with Gasteiger partial charge in [-0.05, 0) is 42.5 Å². The number of amides is 1. The second-order valence-corrected chi connectivity index (χ2v) is 6.63. The molecule has 5 heteroatoms. The smallest absolute Gasteiger partial charge is 0.256 e. The average Bonchev–Trinajstić information content (AvgIpc) is 3.34. The standard InChI is InChI=1S/C20H23NO4/c22-20(19-18-8-2-1-5-15(18)9-12-25-19)21(13-16-6-3-10-23-16)14-17-7-4-11-24-17/h1-3,5-6,8,10,17,19H,4,7,9,11-14H2/t17-,19+/m1/s1. The van der Waals surface area contributed by atoms with Gasteiger partial charge < -0.3 is 18.8 Å². The van der Waals surface area contributed by atoms with Crippen LogP contribution in [0.3, 0.4) is 0 Å². The Hall–Kier alpha value is -2.11. The lowest BCUT2D eigenvalue weighted by molar-refractivity contribution is -0.147. The third-order valence-corrected chi connectivity index (χ3v) is 4.90. The molecule has 1 saturated heterocycles. The molecule has 0 spiro atoms. The van der Waals surface area contributed by atoms with Crippen molar-refractivity contribution < 1.29 is 18.7 Å². The highest BCUT2D eigenvalue weighted by atomic mass is 16.5. The predicted octanol–water partition coefficient (Wildman–Crippen LogP) is 3.10. The van der Waals surface area contributed by atoms with Crippen molar-refractivity contribution in [3.8, 4) is 0 Å². The molecule has 1 fully saturated rings. The summed E-state index contributed by atoms with van der Waals surface area (Å²) in [6, 6.07) is 11.8. The number of benzene rings is 1. The van der Waals surface area contributed by atoms with Crippen molar-refractivity contribution in [3.63, 3.8) is 0 Å². The normalized spacial score (nSPS) is 22.6. The fourth-order valence-electron chi connectivity index (χ4n) is 3.62. The molecule has 4 rings (SSSR count). The van der Waals surface area contributed by atoms with E-state index in [1.807, 2.05) is 35.2 Å². The van der Waals surface area contributed by atoms with Crippen molar-refractivity contribution in [1.29, 1.82) is 0 Å². The van der Waals surface area contributed by atoms with E-state index >= 15 is 0 Å². The van der Waals surface area contributed by atoms with Gasteiger partial charge in [0.05, 0.1) is 25.5 Å². The Kier molecular flexibility index (Phi) is 4.85. The monoisotopic (exact) mass is 341 g/mol. The third kappa shape index (κ3) is 3.62. The quantitative estimate of drug-likeness (QED) is 0.838. The van der Waals surface area contributed by atoms with Gasteiger partial charge in [-0.25, -0.2) is 0 Å². The van der Waals surface area contributed by atoms with Gasteiger partial charge in [-0.15, -0.1) is 0 Å². The number of furan rings is 1. The maximum absolute atomic E-state index is 13.3. The van der Waals surface area contributed by atoms with Crippen molar-refractivity contribution in [2.45, 2.75) is 38.0 Å². The Balaban J connectivity index is 1.56. The molecule has 0 saturated carbocycles. The van der Waals surface area contributed by atoms with Gasteiger partial charge in [-0.1, -0.05) is 24.3 Å². The molecule has 2 aliphatic heterocycles. The minimum Gasteiger partial charge on any atom is -0.467 e. The number of hydrogen-bond acceptors (Lipinski definition) is 4. The summed E-state index contributed by atoms with van der Waals surface area (Å²) in [7, 11) is 0. The maximum Gasteiger partial charge on any atom is 0.256 e. The fraction of sp³-hybridized carbons (Fsp3) is 0.450. The van der Waals surface area contributed by atoms with Gasteiger partial charge in [0.15, 0.2) is 6.10 Å². The van der Waals surface area contributed by atoms with Crippen LogP contribution in [0.2, 0.25) is 0 Å². The van der Waals surface area contributed by atoms with E-state index in [4.69, 9.17) is 13.9 Å². The second kappa shape index (κ2) is 7.42. The summed E-state index contributed by atoms with van der Waals surface area (Å²) in [5.41, 5.74) is 2.18. The van der Waals surface area contributed by atoms with Crippen molar-refractivity contribution in [2.24, 2.45) is 0 Å². The molecule has 0 radical (unpaired) electrons. The van der Waals surface area contributed by atoms with E-state index in [0.29, 0.717) is 19.7 Å². The van der Waals surface area contributed by atoms with Gasteiger partial charge in [-0.3, -0.25) is 4.79 Å². The van der Waals surface area contributed by atoms with Crippen LogP contribution in [0.15, 0.2) is 47.1 Å². The molecule has 1 aromatic carbocycles. The Morgan fingerprint density at radius 3 is 2.84 bits per heavy atom. The Bertz CT molecular complexity index is 706. The second-order valence-electron chi connectivity index (χ2n) is 6.63. The van der Waals surface area contributed by atoms with Crippen molar-refractivity contribution in [2.75, 3.05) is 19.8 Å². The van der Waals surface area contributed by atoms with Crippen LogP contribution in [-0.2, 0) is 27.2 Å². The predicted molar refractivity (Wildman–Crippen MR) is 91.9 cm³/mol. The van der Waals surface area contributed by atoms with Gasteiger partial charge in [0.25, 0.3) is 5.91 Å². The highest BCUT2D eigenvalue weighted by Gasteiger charge is 2.33. The van der Waals surface area contributed by atoms with E-state index in [9.17, 15) is 4.79 Å². The molecule has 0 unspecified atom stereocenters. The Labute approximate surface area is 147 Å². The number of ether oxygens (including phenoxy) is 2. The molecule has 1 aromatic heterocycles. The molecule has 2 aliphatic rings. The lowest BCUT2D eigenvalue weighted by atomic mass is 9.96. The van der Waals surface area contributed by atoms with Crippen LogP contribution < -0.4 is 0 Å². The number of hydrogen-bond donors (Lipinski definition) is 0. The first-order valence-corrected chi connectivity index (χ1v) is 8.93. The van der Waals surface area contributed by atoms with Crippen molar-refractivity contribution in [1.82, 2.24) is 4.90 Å². The molecule has 132 valence electrons. The molecule has 25 heavy (non-hydrogen) atoms. The van der Waals surface area contributed by atoms with Crippen LogP contribution in [0.5, 0.6) is 0 Å². The maximum atomic E-state index is 13.3. The molecule has 3 heterocycles. The number of carbonyl (C=O) groups excluding carboxylic acids is 1. The van der Waals surface area contributed by atoms with E-state index in [2.05, 4.69) is 6.07 Å². The summed E-state index contributed by atoms with van der Waals surface area (Å²) in [5, 5.41) is 0. The van der Waals surface area contributed by atoms with Gasteiger partial charge in [0.1, 0.15) is 5.76 Å². The molecular weight excluding hydrogens is 318 g/mol. The molecule has 2 aromatic rings. The first kappa shape index (κ1) is 16.4. The number of carbonyl (C=O) groups is 1. The first-order chi connectivity index (χ1) is 12.3. The average molecular weight is 341 g/mol. The van der Waals surface area contributed by atoms with Crippen LogP contribution in [0.25, 0.3) is 0 Å². The van der Waals surface area contributed by atoms with E-state index in [-0.39, 0.29) is 12.0 Å². The van der Waals surface area contributed by atoms with Crippen LogP contribution in [0.4, 0.5) is 0 Å². The zero-order valence-electron chi connectivity index (χ0n) is 14.2. The molecule has 0 bridgehead atoms. The highest BCUT2D eigenvalue weighted by Crippen LogP contribution is 2.29. The van der Waals surface area contributed by atoms with E-state index in [1.54, 1.807) is 6.26 Å². The summed E-state index contributed by atoms with van der Waals surface area (Å²) in [4.78, 5) is 15.1. The van der Waals surface area contributed by atoms with Crippen LogP contribution in [0.1, 0.15) is 35.8 Å². The van der Waals surface area contributed by atoms with Crippen molar-refractivity contribution in [3.05, 3.63) is 59.5 Å². The van der Waals surface area contributed by atoms with E-state index in [0.717, 1.165) is 37.2 Å². The molecule has 0 aliphatic carbocycles.